The quantitative estimate of drug-likeness (QED) is 0.468. The van der Waals surface area contributed by atoms with Crippen molar-refractivity contribution in [3.05, 3.63) is 66.0 Å². The molecule has 0 fully saturated rings. The molecule has 2 aromatic carbocycles. The third-order valence-electron chi connectivity index (χ3n) is 4.10. The molecule has 0 atom stereocenters. The molecule has 4 aromatic rings. The van der Waals surface area contributed by atoms with Gasteiger partial charge in [-0.1, -0.05) is 24.3 Å². The number of rotatable bonds is 5. The topological polar surface area (TPSA) is 102 Å². The minimum absolute atomic E-state index is 0.226. The van der Waals surface area contributed by atoms with Crippen LogP contribution in [0.1, 0.15) is 11.1 Å². The van der Waals surface area contributed by atoms with E-state index in [1.165, 1.54) is 0 Å². The first-order chi connectivity index (χ1) is 13.2. The smallest absolute Gasteiger partial charge is 0.221 e. The van der Waals surface area contributed by atoms with Gasteiger partial charge in [0.1, 0.15) is 11.6 Å². The lowest BCUT2D eigenvalue weighted by Gasteiger charge is -2.08. The standard InChI is InChI=1S/C20H18N6O/c1-27-17-6-3-13(4-7-17)2-5-14-10-16(11-15-12-23-26-19(14)15)24-18-8-9-22-20(21)25-18/h2-12H,1H3,(H,23,26)(H3,21,22,24,25)/b5-2+. The number of nitrogen functional groups attached to an aromatic ring is 1. The van der Waals surface area contributed by atoms with E-state index >= 15 is 0 Å². The predicted molar refractivity (Wildman–Crippen MR) is 108 cm³/mol. The number of fused-ring (bicyclic) bond motifs is 1. The molecule has 0 radical (unpaired) electrons. The maximum absolute atomic E-state index is 5.65. The molecular formula is C20H18N6O. The predicted octanol–water partition coefficient (Wildman–Crippen LogP) is 3.86. The molecule has 2 heterocycles. The number of nitrogens with zero attached hydrogens (tertiary/aromatic N) is 3. The van der Waals surface area contributed by atoms with Gasteiger partial charge in [-0.3, -0.25) is 5.10 Å². The normalized spacial score (nSPS) is 11.1. The molecule has 0 saturated carbocycles. The Morgan fingerprint density at radius 2 is 1.96 bits per heavy atom. The number of ether oxygens (including phenoxy) is 1. The Bertz CT molecular complexity index is 1100. The summed E-state index contributed by atoms with van der Waals surface area (Å²) in [5, 5.41) is 11.5. The second-order valence-corrected chi connectivity index (χ2v) is 5.93. The fraction of sp³-hybridized carbons (Fsp3) is 0.0500. The van der Waals surface area contributed by atoms with Crippen LogP contribution in [0.2, 0.25) is 0 Å². The summed E-state index contributed by atoms with van der Waals surface area (Å²) in [5.41, 5.74) is 9.58. The van der Waals surface area contributed by atoms with Crippen LogP contribution in [0, 0.1) is 0 Å². The van der Waals surface area contributed by atoms with Crippen molar-refractivity contribution < 1.29 is 4.74 Å². The van der Waals surface area contributed by atoms with E-state index in [-0.39, 0.29) is 5.95 Å². The molecule has 4 N–H and O–H groups in total. The highest BCUT2D eigenvalue weighted by atomic mass is 16.5. The van der Waals surface area contributed by atoms with E-state index in [4.69, 9.17) is 10.5 Å². The largest absolute Gasteiger partial charge is 0.497 e. The van der Waals surface area contributed by atoms with Crippen LogP contribution in [0.15, 0.2) is 54.9 Å². The summed E-state index contributed by atoms with van der Waals surface area (Å²) in [6, 6.07) is 13.7. The molecule has 134 valence electrons. The Balaban J connectivity index is 1.66. The minimum Gasteiger partial charge on any atom is -0.497 e. The molecule has 0 aliphatic carbocycles. The third-order valence-corrected chi connectivity index (χ3v) is 4.10. The maximum atomic E-state index is 5.65. The number of anilines is 3. The number of H-pyrrole nitrogens is 1. The van der Waals surface area contributed by atoms with Gasteiger partial charge in [-0.05, 0) is 35.9 Å². The first-order valence-electron chi connectivity index (χ1n) is 8.36. The van der Waals surface area contributed by atoms with Crippen LogP contribution >= 0.6 is 0 Å². The van der Waals surface area contributed by atoms with Crippen molar-refractivity contribution in [3.63, 3.8) is 0 Å². The van der Waals surface area contributed by atoms with E-state index in [2.05, 4.69) is 25.5 Å². The van der Waals surface area contributed by atoms with Gasteiger partial charge in [-0.15, -0.1) is 0 Å². The molecule has 0 saturated heterocycles. The first kappa shape index (κ1) is 16.6. The Morgan fingerprint density at radius 1 is 1.11 bits per heavy atom. The van der Waals surface area contributed by atoms with Crippen LogP contribution in [-0.2, 0) is 0 Å². The highest BCUT2D eigenvalue weighted by molar-refractivity contribution is 5.93. The van der Waals surface area contributed by atoms with Crippen molar-refractivity contribution in [2.75, 3.05) is 18.2 Å². The number of methoxy groups -OCH3 is 1. The van der Waals surface area contributed by atoms with E-state index in [1.54, 1.807) is 25.6 Å². The molecule has 27 heavy (non-hydrogen) atoms. The van der Waals surface area contributed by atoms with E-state index in [0.717, 1.165) is 33.5 Å². The molecule has 7 nitrogen and oxygen atoms in total. The highest BCUT2D eigenvalue weighted by Gasteiger charge is 2.06. The van der Waals surface area contributed by atoms with Gasteiger partial charge in [0.15, 0.2) is 0 Å². The number of nitrogens with one attached hydrogen (secondary N) is 2. The van der Waals surface area contributed by atoms with Crippen LogP contribution in [-0.4, -0.2) is 27.3 Å². The maximum Gasteiger partial charge on any atom is 0.221 e. The van der Waals surface area contributed by atoms with Gasteiger partial charge >= 0.3 is 0 Å². The second kappa shape index (κ2) is 7.17. The lowest BCUT2D eigenvalue weighted by atomic mass is 10.1. The van der Waals surface area contributed by atoms with Gasteiger partial charge in [0, 0.05) is 22.8 Å². The van der Waals surface area contributed by atoms with Gasteiger partial charge < -0.3 is 15.8 Å². The number of nitrogens with two attached hydrogens (primary N) is 1. The van der Waals surface area contributed by atoms with E-state index in [1.807, 2.05) is 48.6 Å². The van der Waals surface area contributed by atoms with Crippen molar-refractivity contribution in [3.8, 4) is 5.75 Å². The van der Waals surface area contributed by atoms with Crippen molar-refractivity contribution in [2.45, 2.75) is 0 Å². The van der Waals surface area contributed by atoms with Crippen LogP contribution in [0.4, 0.5) is 17.5 Å². The van der Waals surface area contributed by atoms with E-state index in [0.29, 0.717) is 5.82 Å². The van der Waals surface area contributed by atoms with Crippen molar-refractivity contribution in [1.82, 2.24) is 20.2 Å². The summed E-state index contributed by atoms with van der Waals surface area (Å²) in [5.74, 6) is 1.69. The summed E-state index contributed by atoms with van der Waals surface area (Å²) >= 11 is 0. The monoisotopic (exact) mass is 358 g/mol. The molecule has 0 amide bonds. The van der Waals surface area contributed by atoms with Gasteiger partial charge in [-0.25, -0.2) is 4.98 Å². The zero-order chi connectivity index (χ0) is 18.6. The van der Waals surface area contributed by atoms with Crippen molar-refractivity contribution in [2.24, 2.45) is 0 Å². The van der Waals surface area contributed by atoms with E-state index < -0.39 is 0 Å². The molecular weight excluding hydrogens is 340 g/mol. The number of aromatic nitrogens is 4. The fourth-order valence-electron chi connectivity index (χ4n) is 2.78. The van der Waals surface area contributed by atoms with Crippen LogP contribution in [0.5, 0.6) is 5.75 Å². The zero-order valence-electron chi connectivity index (χ0n) is 14.7. The molecule has 0 bridgehead atoms. The van der Waals surface area contributed by atoms with Gasteiger partial charge in [-0.2, -0.15) is 10.1 Å². The van der Waals surface area contributed by atoms with Gasteiger partial charge in [0.2, 0.25) is 5.95 Å². The summed E-state index contributed by atoms with van der Waals surface area (Å²) in [7, 11) is 1.66. The van der Waals surface area contributed by atoms with Gasteiger partial charge in [0.05, 0.1) is 18.8 Å². The first-order valence-corrected chi connectivity index (χ1v) is 8.36. The summed E-state index contributed by atoms with van der Waals surface area (Å²) in [6.45, 7) is 0. The number of hydrogen-bond acceptors (Lipinski definition) is 6. The van der Waals surface area contributed by atoms with Gasteiger partial charge in [0.25, 0.3) is 0 Å². The SMILES string of the molecule is COc1ccc(/C=C/c2cc(Nc3ccnc(N)n3)cc3cn[nH]c23)cc1. The number of hydrogen-bond donors (Lipinski definition) is 3. The Morgan fingerprint density at radius 3 is 2.74 bits per heavy atom. The number of aromatic amines is 1. The second-order valence-electron chi connectivity index (χ2n) is 5.93. The molecule has 0 aliphatic rings. The summed E-state index contributed by atoms with van der Waals surface area (Å²) in [4.78, 5) is 8.09. The molecule has 4 rings (SSSR count). The fourth-order valence-corrected chi connectivity index (χ4v) is 2.78. The zero-order valence-corrected chi connectivity index (χ0v) is 14.7. The van der Waals surface area contributed by atoms with Crippen molar-refractivity contribution >= 4 is 40.5 Å². The highest BCUT2D eigenvalue weighted by Crippen LogP contribution is 2.26. The lowest BCUT2D eigenvalue weighted by molar-refractivity contribution is 0.415. The third kappa shape index (κ3) is 3.72. The van der Waals surface area contributed by atoms with Crippen LogP contribution in [0.3, 0.4) is 0 Å². The van der Waals surface area contributed by atoms with Crippen LogP contribution < -0.4 is 15.8 Å². The Hall–Kier alpha value is -3.87. The molecule has 7 heteroatoms. The molecule has 0 unspecified atom stereocenters. The molecule has 0 aliphatic heterocycles. The number of benzene rings is 2. The summed E-state index contributed by atoms with van der Waals surface area (Å²) in [6.07, 6.45) is 7.49. The minimum atomic E-state index is 0.226. The summed E-state index contributed by atoms with van der Waals surface area (Å²) < 4.78 is 5.20. The average Bonchev–Trinajstić information content (AvgIpc) is 3.15. The Kier molecular flexibility index (Phi) is 4.40. The van der Waals surface area contributed by atoms with Crippen LogP contribution in [0.25, 0.3) is 23.1 Å². The lowest BCUT2D eigenvalue weighted by Crippen LogP contribution is -1.99. The van der Waals surface area contributed by atoms with E-state index in [9.17, 15) is 0 Å². The Labute approximate surface area is 155 Å². The average molecular weight is 358 g/mol. The molecule has 2 aromatic heterocycles. The molecule has 0 spiro atoms. The van der Waals surface area contributed by atoms with Crippen molar-refractivity contribution in [1.29, 1.82) is 0 Å².